The Bertz CT molecular complexity index is 620. The van der Waals surface area contributed by atoms with Crippen LogP contribution < -0.4 is 11.1 Å². The first-order valence-electron chi connectivity index (χ1n) is 6.21. The minimum absolute atomic E-state index is 0.199. The van der Waals surface area contributed by atoms with E-state index in [0.29, 0.717) is 17.8 Å². The second-order valence-corrected chi connectivity index (χ2v) is 5.64. The molecule has 2 rings (SSSR count). The predicted molar refractivity (Wildman–Crippen MR) is 85.0 cm³/mol. The molecule has 0 aromatic carbocycles. The highest BCUT2D eigenvalue weighted by Crippen LogP contribution is 2.17. The van der Waals surface area contributed by atoms with E-state index < -0.39 is 0 Å². The molecule has 0 unspecified atom stereocenters. The summed E-state index contributed by atoms with van der Waals surface area (Å²) in [4.78, 5) is 17.5. The number of nitrogens with one attached hydrogen (secondary N) is 1. The number of pyridine rings is 1. The van der Waals surface area contributed by atoms with Gasteiger partial charge in [-0.25, -0.2) is 0 Å². The molecule has 0 aliphatic carbocycles. The van der Waals surface area contributed by atoms with Gasteiger partial charge in [-0.15, -0.1) is 11.3 Å². The molecule has 6 heteroatoms. The van der Waals surface area contributed by atoms with E-state index in [1.165, 1.54) is 16.6 Å². The van der Waals surface area contributed by atoms with Crippen LogP contribution in [0, 0.1) is 0 Å². The fraction of sp³-hybridized carbons (Fsp3) is 0.214. The molecular weight excluding hydrogens is 290 g/mol. The molecule has 1 amide bonds. The summed E-state index contributed by atoms with van der Waals surface area (Å²) in [6.07, 6.45) is 2.48. The molecule has 2 aromatic rings. The smallest absolute Gasteiger partial charge is 0.270 e. The Kier molecular flexibility index (Phi) is 4.81. The van der Waals surface area contributed by atoms with Crippen molar-refractivity contribution in [2.45, 2.75) is 19.9 Å². The Labute approximate surface area is 127 Å². The van der Waals surface area contributed by atoms with Gasteiger partial charge >= 0.3 is 0 Å². The van der Waals surface area contributed by atoms with Gasteiger partial charge in [-0.3, -0.25) is 9.78 Å². The summed E-state index contributed by atoms with van der Waals surface area (Å²) in [5, 5.41) is 4.91. The van der Waals surface area contributed by atoms with Gasteiger partial charge in [-0.1, -0.05) is 19.1 Å². The number of carbonyl (C=O) groups is 1. The molecule has 3 N–H and O–H groups in total. The third-order valence-electron chi connectivity index (χ3n) is 2.91. The molecule has 0 saturated carbocycles. The Morgan fingerprint density at radius 1 is 1.45 bits per heavy atom. The number of rotatable bonds is 5. The summed E-state index contributed by atoms with van der Waals surface area (Å²) < 4.78 is 0. The van der Waals surface area contributed by atoms with E-state index in [-0.39, 0.29) is 10.9 Å². The average molecular weight is 305 g/mol. The third-order valence-corrected chi connectivity index (χ3v) is 4.11. The van der Waals surface area contributed by atoms with Gasteiger partial charge in [0, 0.05) is 16.6 Å². The van der Waals surface area contributed by atoms with Gasteiger partial charge in [0.2, 0.25) is 0 Å². The lowest BCUT2D eigenvalue weighted by atomic mass is 10.2. The van der Waals surface area contributed by atoms with Crippen molar-refractivity contribution in [3.63, 3.8) is 0 Å². The highest BCUT2D eigenvalue weighted by Gasteiger charge is 2.09. The SMILES string of the molecule is CCc1ccsc1CNC(=O)c1ccc(C(N)=S)cn1. The quantitative estimate of drug-likeness (QED) is 0.832. The first-order chi connectivity index (χ1) is 9.61. The summed E-state index contributed by atoms with van der Waals surface area (Å²) in [6, 6.07) is 5.41. The summed E-state index contributed by atoms with van der Waals surface area (Å²) in [6.45, 7) is 2.63. The van der Waals surface area contributed by atoms with Crippen molar-refractivity contribution in [1.29, 1.82) is 0 Å². The van der Waals surface area contributed by atoms with Gasteiger partial charge in [0.1, 0.15) is 10.7 Å². The zero-order valence-electron chi connectivity index (χ0n) is 11.1. The normalized spacial score (nSPS) is 10.2. The number of nitrogens with zero attached hydrogens (tertiary/aromatic N) is 1. The standard InChI is InChI=1S/C14H15N3OS2/c1-2-9-5-6-20-12(9)8-17-14(18)11-4-3-10(7-16-11)13(15)19/h3-7H,2,8H2,1H3,(H2,15,19)(H,17,18). The molecule has 0 saturated heterocycles. The fourth-order valence-electron chi connectivity index (χ4n) is 1.76. The van der Waals surface area contributed by atoms with E-state index in [9.17, 15) is 4.79 Å². The highest BCUT2D eigenvalue weighted by atomic mass is 32.1. The molecule has 20 heavy (non-hydrogen) atoms. The zero-order chi connectivity index (χ0) is 14.5. The van der Waals surface area contributed by atoms with Crippen molar-refractivity contribution in [3.8, 4) is 0 Å². The first kappa shape index (κ1) is 14.6. The molecule has 0 spiro atoms. The average Bonchev–Trinajstić information content (AvgIpc) is 2.92. The van der Waals surface area contributed by atoms with Crippen molar-refractivity contribution >= 4 is 34.5 Å². The molecule has 0 fully saturated rings. The van der Waals surface area contributed by atoms with Crippen molar-refractivity contribution in [1.82, 2.24) is 10.3 Å². The molecule has 0 aliphatic heterocycles. The lowest BCUT2D eigenvalue weighted by Gasteiger charge is -2.05. The molecule has 2 heterocycles. The van der Waals surface area contributed by atoms with Gasteiger partial charge in [0.25, 0.3) is 5.91 Å². The molecule has 0 radical (unpaired) electrons. The molecule has 104 valence electrons. The van der Waals surface area contributed by atoms with Crippen molar-refractivity contribution in [2.75, 3.05) is 0 Å². The van der Waals surface area contributed by atoms with Crippen LogP contribution in [0.2, 0.25) is 0 Å². The molecular formula is C14H15N3OS2. The molecule has 0 atom stereocenters. The van der Waals surface area contributed by atoms with Crippen LogP contribution in [0.4, 0.5) is 0 Å². The number of thiophene rings is 1. The van der Waals surface area contributed by atoms with Crippen LogP contribution in [0.1, 0.15) is 33.4 Å². The van der Waals surface area contributed by atoms with Gasteiger partial charge in [0.15, 0.2) is 0 Å². The van der Waals surface area contributed by atoms with Crippen molar-refractivity contribution in [3.05, 3.63) is 51.5 Å². The van der Waals surface area contributed by atoms with E-state index in [2.05, 4.69) is 23.3 Å². The van der Waals surface area contributed by atoms with Gasteiger partial charge in [0.05, 0.1) is 6.54 Å². The highest BCUT2D eigenvalue weighted by molar-refractivity contribution is 7.80. The van der Waals surface area contributed by atoms with Crippen LogP contribution in [0.5, 0.6) is 0 Å². The van der Waals surface area contributed by atoms with Crippen LogP contribution in [-0.4, -0.2) is 15.9 Å². The largest absolute Gasteiger partial charge is 0.389 e. The van der Waals surface area contributed by atoms with Crippen LogP contribution >= 0.6 is 23.6 Å². The second-order valence-electron chi connectivity index (χ2n) is 4.20. The molecule has 0 aliphatic rings. The van der Waals surface area contributed by atoms with Crippen molar-refractivity contribution in [2.24, 2.45) is 5.73 Å². The van der Waals surface area contributed by atoms with Crippen LogP contribution in [0.25, 0.3) is 0 Å². The monoisotopic (exact) mass is 305 g/mol. The van der Waals surface area contributed by atoms with E-state index in [1.54, 1.807) is 23.5 Å². The maximum atomic E-state index is 12.0. The van der Waals surface area contributed by atoms with Gasteiger partial charge in [-0.2, -0.15) is 0 Å². The maximum Gasteiger partial charge on any atom is 0.270 e. The predicted octanol–water partition coefficient (Wildman–Crippen LogP) is 2.27. The Hall–Kier alpha value is -1.79. The number of aryl methyl sites for hydroxylation is 1. The molecule has 2 aromatic heterocycles. The summed E-state index contributed by atoms with van der Waals surface area (Å²) in [7, 11) is 0. The number of carbonyl (C=O) groups excluding carboxylic acids is 1. The van der Waals surface area contributed by atoms with E-state index >= 15 is 0 Å². The van der Waals surface area contributed by atoms with Gasteiger partial charge < -0.3 is 11.1 Å². The maximum absolute atomic E-state index is 12.0. The van der Waals surface area contributed by atoms with Crippen LogP contribution in [0.15, 0.2) is 29.8 Å². The number of thiocarbonyl (C=S) groups is 1. The summed E-state index contributed by atoms with van der Waals surface area (Å²) in [5.74, 6) is -0.199. The summed E-state index contributed by atoms with van der Waals surface area (Å²) >= 11 is 6.49. The molecule has 4 nitrogen and oxygen atoms in total. The minimum atomic E-state index is -0.199. The fourth-order valence-corrected chi connectivity index (χ4v) is 2.80. The Morgan fingerprint density at radius 3 is 2.85 bits per heavy atom. The summed E-state index contributed by atoms with van der Waals surface area (Å²) in [5.41, 5.74) is 7.77. The topological polar surface area (TPSA) is 68.0 Å². The van der Waals surface area contributed by atoms with E-state index in [1.807, 2.05) is 5.38 Å². The lowest BCUT2D eigenvalue weighted by Crippen LogP contribution is -2.24. The number of amides is 1. The zero-order valence-corrected chi connectivity index (χ0v) is 12.7. The van der Waals surface area contributed by atoms with Crippen LogP contribution in [0.3, 0.4) is 0 Å². The Morgan fingerprint density at radius 2 is 2.25 bits per heavy atom. The van der Waals surface area contributed by atoms with E-state index in [4.69, 9.17) is 18.0 Å². The number of aromatic nitrogens is 1. The molecule has 0 bridgehead atoms. The number of hydrogen-bond acceptors (Lipinski definition) is 4. The Balaban J connectivity index is 2.00. The second kappa shape index (κ2) is 6.58. The van der Waals surface area contributed by atoms with E-state index in [0.717, 1.165) is 6.42 Å². The lowest BCUT2D eigenvalue weighted by molar-refractivity contribution is 0.0946. The minimum Gasteiger partial charge on any atom is -0.389 e. The van der Waals surface area contributed by atoms with Crippen LogP contribution in [-0.2, 0) is 13.0 Å². The van der Waals surface area contributed by atoms with Gasteiger partial charge in [-0.05, 0) is 35.6 Å². The number of hydrogen-bond donors (Lipinski definition) is 2. The number of nitrogens with two attached hydrogens (primary N) is 1. The van der Waals surface area contributed by atoms with Crippen molar-refractivity contribution < 1.29 is 4.79 Å². The first-order valence-corrected chi connectivity index (χ1v) is 7.50. The third kappa shape index (κ3) is 3.40.